The van der Waals surface area contributed by atoms with Gasteiger partial charge in [-0.1, -0.05) is 13.3 Å². The lowest BCUT2D eigenvalue weighted by atomic mass is 9.76. The van der Waals surface area contributed by atoms with E-state index in [9.17, 15) is 0 Å². The maximum atomic E-state index is 6.03. The van der Waals surface area contributed by atoms with Crippen molar-refractivity contribution >= 4 is 0 Å². The van der Waals surface area contributed by atoms with Crippen molar-refractivity contribution in [2.45, 2.75) is 51.2 Å². The van der Waals surface area contributed by atoms with Gasteiger partial charge in [-0.2, -0.15) is 0 Å². The van der Waals surface area contributed by atoms with E-state index in [1.807, 2.05) is 0 Å². The zero-order valence-electron chi connectivity index (χ0n) is 7.15. The van der Waals surface area contributed by atoms with E-state index in [1.165, 1.54) is 12.8 Å². The minimum atomic E-state index is 0.0377. The van der Waals surface area contributed by atoms with Crippen molar-refractivity contribution in [1.82, 2.24) is 5.32 Å². The van der Waals surface area contributed by atoms with Crippen LogP contribution in [0.3, 0.4) is 0 Å². The van der Waals surface area contributed by atoms with Crippen molar-refractivity contribution in [3.05, 3.63) is 0 Å². The van der Waals surface area contributed by atoms with Crippen LogP contribution < -0.4 is 11.1 Å². The van der Waals surface area contributed by atoms with E-state index in [4.69, 9.17) is 5.73 Å². The fraction of sp³-hybridized carbons (Fsp3) is 1.00. The number of rotatable bonds is 2. The first kappa shape index (κ1) is 8.02. The smallest absolute Gasteiger partial charge is 0.0434 e. The Labute approximate surface area is 63.2 Å². The second-order valence-corrected chi connectivity index (χ2v) is 3.60. The van der Waals surface area contributed by atoms with E-state index in [2.05, 4.69) is 26.1 Å². The van der Waals surface area contributed by atoms with Crippen LogP contribution in [0.4, 0.5) is 0 Å². The van der Waals surface area contributed by atoms with E-state index < -0.39 is 0 Å². The third kappa shape index (κ3) is 1.06. The highest BCUT2D eigenvalue weighted by molar-refractivity contribution is 5.09. The predicted molar refractivity (Wildman–Crippen MR) is 43.9 cm³/mol. The topological polar surface area (TPSA) is 38.0 Å². The predicted octanol–water partition coefficient (Wildman–Crippen LogP) is 0.864. The lowest BCUT2D eigenvalue weighted by Crippen LogP contribution is -2.76. The molecule has 1 aliphatic heterocycles. The van der Waals surface area contributed by atoms with Crippen molar-refractivity contribution in [1.29, 1.82) is 0 Å². The quantitative estimate of drug-likeness (QED) is 0.600. The van der Waals surface area contributed by atoms with Crippen LogP contribution in [0.5, 0.6) is 0 Å². The number of nitrogens with one attached hydrogen (secondary N) is 1. The summed E-state index contributed by atoms with van der Waals surface area (Å²) >= 11 is 0. The van der Waals surface area contributed by atoms with E-state index in [-0.39, 0.29) is 5.54 Å². The Morgan fingerprint density at radius 2 is 2.20 bits per heavy atom. The molecule has 0 amide bonds. The van der Waals surface area contributed by atoms with Gasteiger partial charge in [0.15, 0.2) is 0 Å². The molecule has 0 saturated carbocycles. The second-order valence-electron chi connectivity index (χ2n) is 3.60. The van der Waals surface area contributed by atoms with Gasteiger partial charge in [0, 0.05) is 17.6 Å². The molecule has 0 aromatic heterocycles. The maximum absolute atomic E-state index is 6.03. The first-order valence-corrected chi connectivity index (χ1v) is 4.14. The summed E-state index contributed by atoms with van der Waals surface area (Å²) in [4.78, 5) is 0. The lowest BCUT2D eigenvalue weighted by molar-refractivity contribution is 0.121. The van der Waals surface area contributed by atoms with Gasteiger partial charge in [-0.05, 0) is 20.3 Å². The summed E-state index contributed by atoms with van der Waals surface area (Å²) < 4.78 is 0. The van der Waals surface area contributed by atoms with E-state index >= 15 is 0 Å². The van der Waals surface area contributed by atoms with Crippen molar-refractivity contribution < 1.29 is 0 Å². The van der Waals surface area contributed by atoms with Gasteiger partial charge in [0.2, 0.25) is 0 Å². The number of hydrogen-bond acceptors (Lipinski definition) is 2. The lowest BCUT2D eigenvalue weighted by Gasteiger charge is -2.51. The normalized spacial score (nSPS) is 46.8. The van der Waals surface area contributed by atoms with Gasteiger partial charge in [-0.15, -0.1) is 0 Å². The molecule has 60 valence electrons. The van der Waals surface area contributed by atoms with Gasteiger partial charge in [-0.25, -0.2) is 0 Å². The molecule has 1 fully saturated rings. The Kier molecular flexibility index (Phi) is 2.02. The molecule has 0 aliphatic carbocycles. The first-order valence-electron chi connectivity index (χ1n) is 4.14. The highest BCUT2D eigenvalue weighted by atomic mass is 15.1. The number of hydrogen-bond donors (Lipinski definition) is 2. The molecule has 1 saturated heterocycles. The Morgan fingerprint density at radius 3 is 2.50 bits per heavy atom. The Morgan fingerprint density at radius 1 is 1.60 bits per heavy atom. The summed E-state index contributed by atoms with van der Waals surface area (Å²) in [6.07, 6.45) is 2.43. The summed E-state index contributed by atoms with van der Waals surface area (Å²) in [6, 6.07) is 1.04. The van der Waals surface area contributed by atoms with Crippen LogP contribution in [-0.4, -0.2) is 17.6 Å². The van der Waals surface area contributed by atoms with Crippen molar-refractivity contribution in [3.63, 3.8) is 0 Å². The molecule has 1 heterocycles. The zero-order valence-corrected chi connectivity index (χ0v) is 7.15. The van der Waals surface area contributed by atoms with E-state index in [0.717, 1.165) is 0 Å². The van der Waals surface area contributed by atoms with Crippen LogP contribution in [0.1, 0.15) is 33.6 Å². The van der Waals surface area contributed by atoms with E-state index in [0.29, 0.717) is 12.1 Å². The molecule has 3 N–H and O–H groups in total. The van der Waals surface area contributed by atoms with Crippen LogP contribution in [0, 0.1) is 0 Å². The van der Waals surface area contributed by atoms with Crippen LogP contribution in [-0.2, 0) is 0 Å². The van der Waals surface area contributed by atoms with Gasteiger partial charge < -0.3 is 11.1 Å². The summed E-state index contributed by atoms with van der Waals surface area (Å²) in [5.74, 6) is 0. The van der Waals surface area contributed by atoms with Crippen LogP contribution in [0.25, 0.3) is 0 Å². The molecule has 0 bridgehead atoms. The van der Waals surface area contributed by atoms with Gasteiger partial charge in [-0.3, -0.25) is 0 Å². The summed E-state index contributed by atoms with van der Waals surface area (Å²) in [6.45, 7) is 6.47. The average molecular weight is 142 g/mol. The highest BCUT2D eigenvalue weighted by Gasteiger charge is 2.44. The van der Waals surface area contributed by atoms with Gasteiger partial charge in [0.05, 0.1) is 0 Å². The zero-order chi connectivity index (χ0) is 7.78. The monoisotopic (exact) mass is 142 g/mol. The third-order valence-electron chi connectivity index (χ3n) is 2.71. The molecular formula is C8H18N2. The average Bonchev–Trinajstić information content (AvgIpc) is 1.88. The second kappa shape index (κ2) is 2.51. The minimum absolute atomic E-state index is 0.0377. The highest BCUT2D eigenvalue weighted by Crippen LogP contribution is 2.25. The fourth-order valence-corrected chi connectivity index (χ4v) is 1.55. The van der Waals surface area contributed by atoms with Crippen LogP contribution >= 0.6 is 0 Å². The molecule has 2 nitrogen and oxygen atoms in total. The molecule has 1 aliphatic rings. The Balaban J connectivity index is 2.39. The molecule has 1 rings (SSSR count). The van der Waals surface area contributed by atoms with Crippen molar-refractivity contribution in [3.8, 4) is 0 Å². The summed E-state index contributed by atoms with van der Waals surface area (Å²) in [5, 5.41) is 3.41. The maximum Gasteiger partial charge on any atom is 0.0434 e. The van der Waals surface area contributed by atoms with Crippen molar-refractivity contribution in [2.75, 3.05) is 0 Å². The van der Waals surface area contributed by atoms with Gasteiger partial charge in [0.1, 0.15) is 0 Å². The standard InChI is InChI=1S/C8H18N2/c1-4-5-7-8(3,9)6(2)10-7/h6-7,10H,4-5,9H2,1-3H3/t6?,7-,8?/m0/s1. The summed E-state index contributed by atoms with van der Waals surface area (Å²) in [7, 11) is 0. The first-order chi connectivity index (χ1) is 4.59. The van der Waals surface area contributed by atoms with Crippen molar-refractivity contribution in [2.24, 2.45) is 5.73 Å². The molecule has 2 heteroatoms. The molecule has 10 heavy (non-hydrogen) atoms. The van der Waals surface area contributed by atoms with Gasteiger partial charge >= 0.3 is 0 Å². The molecule has 0 aromatic rings. The Bertz CT molecular complexity index is 118. The molecule has 3 atom stereocenters. The van der Waals surface area contributed by atoms with Crippen LogP contribution in [0.2, 0.25) is 0 Å². The number of nitrogens with two attached hydrogens (primary N) is 1. The van der Waals surface area contributed by atoms with Crippen LogP contribution in [0.15, 0.2) is 0 Å². The molecular weight excluding hydrogens is 124 g/mol. The SMILES string of the molecule is CCC[C@@H]1NC(C)C1(C)N. The fourth-order valence-electron chi connectivity index (χ4n) is 1.55. The minimum Gasteiger partial charge on any atom is -0.323 e. The molecule has 0 radical (unpaired) electrons. The largest absolute Gasteiger partial charge is 0.323 e. The van der Waals surface area contributed by atoms with Gasteiger partial charge in [0.25, 0.3) is 0 Å². The molecule has 2 unspecified atom stereocenters. The van der Waals surface area contributed by atoms with E-state index in [1.54, 1.807) is 0 Å². The molecule has 0 aromatic carbocycles. The Hall–Kier alpha value is -0.0800. The summed E-state index contributed by atoms with van der Waals surface area (Å²) in [5.41, 5.74) is 6.07. The third-order valence-corrected chi connectivity index (χ3v) is 2.71. The molecule has 0 spiro atoms.